The topological polar surface area (TPSA) is 50.7 Å². The lowest BCUT2D eigenvalue weighted by Crippen LogP contribution is -2.17. The van der Waals surface area contributed by atoms with Crippen LogP contribution in [0.3, 0.4) is 0 Å². The highest BCUT2D eigenvalue weighted by atomic mass is 35.5. The number of hydrogen-bond donors (Lipinski definition) is 1. The number of carbonyl (C=O) groups excluding carboxylic acids is 1. The number of carbonyl (C=O) groups is 1. The fraction of sp³-hybridized carbons (Fsp3) is 0.0909. The zero-order valence-electron chi connectivity index (χ0n) is 15.2. The molecule has 6 heteroatoms. The van der Waals surface area contributed by atoms with Gasteiger partial charge in [-0.2, -0.15) is 5.10 Å². The van der Waals surface area contributed by atoms with Crippen LogP contribution in [0.15, 0.2) is 71.8 Å². The molecule has 0 aliphatic carbocycles. The van der Waals surface area contributed by atoms with Crippen LogP contribution in [0.25, 0.3) is 0 Å². The molecule has 0 aliphatic rings. The number of benzene rings is 3. The predicted octanol–water partition coefficient (Wildman–Crippen LogP) is 5.64. The van der Waals surface area contributed by atoms with E-state index in [-0.39, 0.29) is 5.91 Å². The minimum Gasteiger partial charge on any atom is -0.489 e. The highest BCUT2D eigenvalue weighted by Crippen LogP contribution is 2.22. The number of nitrogens with one attached hydrogen (secondary N) is 1. The van der Waals surface area contributed by atoms with Gasteiger partial charge in [-0.3, -0.25) is 4.79 Å². The van der Waals surface area contributed by atoms with E-state index >= 15 is 0 Å². The van der Waals surface area contributed by atoms with Gasteiger partial charge in [0, 0.05) is 21.2 Å². The van der Waals surface area contributed by atoms with Gasteiger partial charge in [-0.05, 0) is 61.0 Å². The van der Waals surface area contributed by atoms with Gasteiger partial charge in [0.1, 0.15) is 12.4 Å². The van der Waals surface area contributed by atoms with Crippen molar-refractivity contribution in [3.05, 3.63) is 99.0 Å². The summed E-state index contributed by atoms with van der Waals surface area (Å²) in [6, 6.07) is 20.0. The van der Waals surface area contributed by atoms with Crippen molar-refractivity contribution in [1.82, 2.24) is 5.43 Å². The second kappa shape index (κ2) is 9.40. The lowest BCUT2D eigenvalue weighted by molar-refractivity contribution is 0.0955. The molecule has 0 heterocycles. The van der Waals surface area contributed by atoms with Gasteiger partial charge in [0.2, 0.25) is 0 Å². The van der Waals surface area contributed by atoms with E-state index in [1.165, 1.54) is 0 Å². The van der Waals surface area contributed by atoms with Crippen molar-refractivity contribution >= 4 is 35.3 Å². The number of aryl methyl sites for hydroxylation is 1. The molecule has 3 rings (SSSR count). The molecular weight excluding hydrogens is 395 g/mol. The maximum Gasteiger partial charge on any atom is 0.271 e. The predicted molar refractivity (Wildman–Crippen MR) is 113 cm³/mol. The molecule has 0 saturated heterocycles. The number of halogens is 2. The molecule has 142 valence electrons. The summed E-state index contributed by atoms with van der Waals surface area (Å²) in [4.78, 5) is 12.0. The Kier molecular flexibility index (Phi) is 6.69. The molecule has 0 atom stereocenters. The van der Waals surface area contributed by atoms with Crippen molar-refractivity contribution < 1.29 is 9.53 Å². The van der Waals surface area contributed by atoms with Crippen LogP contribution in [-0.2, 0) is 6.61 Å². The van der Waals surface area contributed by atoms with Crippen LogP contribution >= 0.6 is 23.2 Å². The molecule has 0 spiro atoms. The van der Waals surface area contributed by atoms with Crippen molar-refractivity contribution in [2.45, 2.75) is 13.5 Å². The van der Waals surface area contributed by atoms with E-state index in [1.807, 2.05) is 55.5 Å². The Morgan fingerprint density at radius 1 is 1.07 bits per heavy atom. The van der Waals surface area contributed by atoms with Crippen molar-refractivity contribution in [1.29, 1.82) is 0 Å². The van der Waals surface area contributed by atoms with E-state index in [4.69, 9.17) is 27.9 Å². The van der Waals surface area contributed by atoms with Gasteiger partial charge in [-0.15, -0.1) is 0 Å². The summed E-state index contributed by atoms with van der Waals surface area (Å²) in [5, 5.41) is 5.16. The summed E-state index contributed by atoms with van der Waals surface area (Å²) in [7, 11) is 0. The fourth-order valence-corrected chi connectivity index (χ4v) is 2.93. The molecule has 4 nitrogen and oxygen atoms in total. The number of rotatable bonds is 6. The van der Waals surface area contributed by atoms with Crippen molar-refractivity contribution in [3.63, 3.8) is 0 Å². The average Bonchev–Trinajstić information content (AvgIpc) is 2.68. The van der Waals surface area contributed by atoms with Gasteiger partial charge < -0.3 is 4.74 Å². The molecule has 0 saturated carbocycles. The second-order valence-corrected chi connectivity index (χ2v) is 7.01. The van der Waals surface area contributed by atoms with Crippen LogP contribution in [0.5, 0.6) is 5.75 Å². The first kappa shape index (κ1) is 19.9. The van der Waals surface area contributed by atoms with Gasteiger partial charge in [0.15, 0.2) is 0 Å². The summed E-state index contributed by atoms with van der Waals surface area (Å²) in [5.74, 6) is 0.451. The molecule has 28 heavy (non-hydrogen) atoms. The molecule has 0 bridgehead atoms. The Hall–Kier alpha value is -2.82. The summed E-state index contributed by atoms with van der Waals surface area (Å²) in [6.45, 7) is 2.28. The lowest BCUT2D eigenvalue weighted by Gasteiger charge is -2.08. The molecule has 0 radical (unpaired) electrons. The van der Waals surface area contributed by atoms with E-state index in [2.05, 4.69) is 10.5 Å². The van der Waals surface area contributed by atoms with E-state index in [0.29, 0.717) is 28.0 Å². The third-order valence-electron chi connectivity index (χ3n) is 3.95. The van der Waals surface area contributed by atoms with E-state index < -0.39 is 0 Å². The molecule has 0 fully saturated rings. The smallest absolute Gasteiger partial charge is 0.271 e. The van der Waals surface area contributed by atoms with Crippen LogP contribution in [0.1, 0.15) is 27.0 Å². The van der Waals surface area contributed by atoms with Crippen LogP contribution in [0.2, 0.25) is 10.0 Å². The van der Waals surface area contributed by atoms with E-state index in [0.717, 1.165) is 16.7 Å². The van der Waals surface area contributed by atoms with Crippen LogP contribution in [0, 0.1) is 6.92 Å². The van der Waals surface area contributed by atoms with Gasteiger partial charge in [0.25, 0.3) is 5.91 Å². The Balaban J connectivity index is 1.53. The number of amides is 1. The highest BCUT2D eigenvalue weighted by molar-refractivity contribution is 6.35. The number of ether oxygens (including phenoxy) is 1. The second-order valence-electron chi connectivity index (χ2n) is 6.16. The molecule has 0 unspecified atom stereocenters. The van der Waals surface area contributed by atoms with Crippen LogP contribution in [0.4, 0.5) is 0 Å². The Labute approximate surface area is 173 Å². The molecular formula is C22H18Cl2N2O2. The van der Waals surface area contributed by atoms with E-state index in [9.17, 15) is 4.79 Å². The minimum absolute atomic E-state index is 0.250. The first-order chi connectivity index (χ1) is 13.5. The molecule has 0 aliphatic heterocycles. The normalized spacial score (nSPS) is 10.8. The summed E-state index contributed by atoms with van der Waals surface area (Å²) in [6.07, 6.45) is 1.58. The highest BCUT2D eigenvalue weighted by Gasteiger charge is 2.04. The van der Waals surface area contributed by atoms with Gasteiger partial charge >= 0.3 is 0 Å². The summed E-state index contributed by atoms with van der Waals surface area (Å²) < 4.78 is 5.74. The van der Waals surface area contributed by atoms with Crippen LogP contribution in [-0.4, -0.2) is 12.1 Å². The molecule has 3 aromatic carbocycles. The maximum absolute atomic E-state index is 12.0. The standard InChI is InChI=1S/C22H18Cl2N2O2/c1-15-3-2-4-17(11-15)22(27)26-25-13-16-5-9-20(10-6-16)28-14-18-7-8-19(23)12-21(18)24/h2-13H,14H2,1H3,(H,26,27)/b25-13+. The first-order valence-corrected chi connectivity index (χ1v) is 9.34. The maximum atomic E-state index is 12.0. The van der Waals surface area contributed by atoms with E-state index in [1.54, 1.807) is 24.4 Å². The number of nitrogens with zero attached hydrogens (tertiary/aromatic N) is 1. The quantitative estimate of drug-likeness (QED) is 0.420. The summed E-state index contributed by atoms with van der Waals surface area (Å²) >= 11 is 12.0. The number of hydrazone groups is 1. The van der Waals surface area contributed by atoms with Crippen LogP contribution < -0.4 is 10.2 Å². The fourth-order valence-electron chi connectivity index (χ4n) is 2.47. The first-order valence-electron chi connectivity index (χ1n) is 8.58. The number of hydrogen-bond acceptors (Lipinski definition) is 3. The monoisotopic (exact) mass is 412 g/mol. The Morgan fingerprint density at radius 3 is 2.57 bits per heavy atom. The summed E-state index contributed by atoms with van der Waals surface area (Å²) in [5.41, 5.74) is 5.80. The van der Waals surface area contributed by atoms with Gasteiger partial charge in [-0.1, -0.05) is 47.0 Å². The van der Waals surface area contributed by atoms with Gasteiger partial charge in [-0.25, -0.2) is 5.43 Å². The minimum atomic E-state index is -0.250. The molecule has 0 aromatic heterocycles. The van der Waals surface area contributed by atoms with Gasteiger partial charge in [0.05, 0.1) is 6.21 Å². The van der Waals surface area contributed by atoms with Crippen molar-refractivity contribution in [3.8, 4) is 5.75 Å². The molecule has 1 amide bonds. The molecule has 3 aromatic rings. The lowest BCUT2D eigenvalue weighted by atomic mass is 10.1. The van der Waals surface area contributed by atoms with Crippen molar-refractivity contribution in [2.75, 3.05) is 0 Å². The molecule has 1 N–H and O–H groups in total. The Morgan fingerprint density at radius 2 is 1.86 bits per heavy atom. The zero-order valence-corrected chi connectivity index (χ0v) is 16.7. The third kappa shape index (κ3) is 5.59. The third-order valence-corrected chi connectivity index (χ3v) is 4.54. The van der Waals surface area contributed by atoms with Crippen molar-refractivity contribution in [2.24, 2.45) is 5.10 Å². The Bertz CT molecular complexity index is 1000. The average molecular weight is 413 g/mol. The largest absolute Gasteiger partial charge is 0.489 e. The SMILES string of the molecule is Cc1cccc(C(=O)N/N=C/c2ccc(OCc3ccc(Cl)cc3Cl)cc2)c1. The zero-order chi connectivity index (χ0) is 19.9.